The van der Waals surface area contributed by atoms with Crippen molar-refractivity contribution >= 4 is 27.6 Å². The standard InChI is InChI=1S/C20H14F3N3/c21-15-9-17(23)16(22)8-12(15)10-26-18-4-2-1-3-13(18)14-7-11(20(24)25)5-6-19(14)26/h1-9H,10H2,(H3,24,25). The molecule has 4 rings (SSSR count). The third kappa shape index (κ3) is 2.50. The highest BCUT2D eigenvalue weighted by molar-refractivity contribution is 6.10. The Balaban J connectivity index is 1.97. The SMILES string of the molecule is N=C(N)c1ccc2c(c1)c1ccccc1n2Cc1cc(F)c(F)cc1F. The average Bonchev–Trinajstić information content (AvgIpc) is 2.93. The third-order valence-electron chi connectivity index (χ3n) is 4.50. The van der Waals surface area contributed by atoms with Crippen LogP contribution in [-0.4, -0.2) is 10.4 Å². The molecular weight excluding hydrogens is 339 g/mol. The number of hydrogen-bond donors (Lipinski definition) is 2. The van der Waals surface area contributed by atoms with Crippen molar-refractivity contribution in [1.82, 2.24) is 4.57 Å². The molecule has 0 aliphatic carbocycles. The number of nitrogens with zero attached hydrogens (tertiary/aromatic N) is 1. The van der Waals surface area contributed by atoms with Gasteiger partial charge in [0, 0.05) is 39.0 Å². The van der Waals surface area contributed by atoms with Crippen LogP contribution in [0.3, 0.4) is 0 Å². The van der Waals surface area contributed by atoms with Crippen molar-refractivity contribution in [2.45, 2.75) is 6.54 Å². The van der Waals surface area contributed by atoms with Crippen LogP contribution in [0.4, 0.5) is 13.2 Å². The van der Waals surface area contributed by atoms with Crippen LogP contribution in [0.15, 0.2) is 54.6 Å². The molecule has 0 radical (unpaired) electrons. The second kappa shape index (κ2) is 5.91. The van der Waals surface area contributed by atoms with Crippen molar-refractivity contribution in [2.24, 2.45) is 5.73 Å². The van der Waals surface area contributed by atoms with E-state index in [1.165, 1.54) is 0 Å². The molecule has 130 valence electrons. The van der Waals surface area contributed by atoms with Crippen LogP contribution in [0, 0.1) is 22.9 Å². The van der Waals surface area contributed by atoms with Crippen molar-refractivity contribution in [3.05, 3.63) is 83.2 Å². The van der Waals surface area contributed by atoms with Gasteiger partial charge in [-0.3, -0.25) is 5.41 Å². The first kappa shape index (κ1) is 16.2. The van der Waals surface area contributed by atoms with Gasteiger partial charge in [0.05, 0.1) is 6.54 Å². The van der Waals surface area contributed by atoms with Gasteiger partial charge in [-0.2, -0.15) is 0 Å². The molecule has 0 aliphatic rings. The number of halogens is 3. The Labute approximate surface area is 147 Å². The molecule has 0 atom stereocenters. The zero-order valence-corrected chi connectivity index (χ0v) is 13.6. The van der Waals surface area contributed by atoms with Gasteiger partial charge in [0.25, 0.3) is 0 Å². The Bertz CT molecular complexity index is 1180. The highest BCUT2D eigenvalue weighted by Crippen LogP contribution is 2.31. The molecule has 4 aromatic rings. The maximum atomic E-state index is 14.1. The van der Waals surface area contributed by atoms with Gasteiger partial charge < -0.3 is 10.3 Å². The smallest absolute Gasteiger partial charge is 0.161 e. The number of para-hydroxylation sites is 1. The van der Waals surface area contributed by atoms with E-state index in [-0.39, 0.29) is 17.9 Å². The number of fused-ring (bicyclic) bond motifs is 3. The van der Waals surface area contributed by atoms with Crippen LogP contribution >= 0.6 is 0 Å². The molecule has 0 unspecified atom stereocenters. The molecule has 6 heteroatoms. The minimum Gasteiger partial charge on any atom is -0.384 e. The summed E-state index contributed by atoms with van der Waals surface area (Å²) < 4.78 is 42.7. The van der Waals surface area contributed by atoms with Gasteiger partial charge in [0.15, 0.2) is 11.6 Å². The molecule has 0 saturated carbocycles. The Morgan fingerprint density at radius 2 is 1.54 bits per heavy atom. The fourth-order valence-corrected chi connectivity index (χ4v) is 3.25. The highest BCUT2D eigenvalue weighted by atomic mass is 19.2. The van der Waals surface area contributed by atoms with E-state index in [2.05, 4.69) is 0 Å². The molecule has 0 saturated heterocycles. The lowest BCUT2D eigenvalue weighted by molar-refractivity contribution is 0.489. The summed E-state index contributed by atoms with van der Waals surface area (Å²) in [6.07, 6.45) is 0. The van der Waals surface area contributed by atoms with Gasteiger partial charge in [-0.25, -0.2) is 13.2 Å². The molecule has 0 fully saturated rings. The van der Waals surface area contributed by atoms with Crippen molar-refractivity contribution in [2.75, 3.05) is 0 Å². The predicted molar refractivity (Wildman–Crippen MR) is 95.9 cm³/mol. The summed E-state index contributed by atoms with van der Waals surface area (Å²) in [5, 5.41) is 9.39. The van der Waals surface area contributed by atoms with Gasteiger partial charge >= 0.3 is 0 Å². The Morgan fingerprint density at radius 3 is 2.31 bits per heavy atom. The van der Waals surface area contributed by atoms with Crippen LogP contribution in [-0.2, 0) is 6.54 Å². The maximum Gasteiger partial charge on any atom is 0.161 e. The van der Waals surface area contributed by atoms with Crippen LogP contribution in [0.5, 0.6) is 0 Å². The van der Waals surface area contributed by atoms with E-state index < -0.39 is 17.5 Å². The lowest BCUT2D eigenvalue weighted by Crippen LogP contribution is -2.10. The molecule has 1 aromatic heterocycles. The molecule has 0 spiro atoms. The molecular formula is C20H14F3N3. The number of rotatable bonds is 3. The third-order valence-corrected chi connectivity index (χ3v) is 4.50. The molecule has 3 nitrogen and oxygen atoms in total. The van der Waals surface area contributed by atoms with Gasteiger partial charge in [0.2, 0.25) is 0 Å². The van der Waals surface area contributed by atoms with Gasteiger partial charge in [-0.15, -0.1) is 0 Å². The second-order valence-corrected chi connectivity index (χ2v) is 6.11. The highest BCUT2D eigenvalue weighted by Gasteiger charge is 2.15. The lowest BCUT2D eigenvalue weighted by atomic mass is 10.1. The first-order valence-corrected chi connectivity index (χ1v) is 7.94. The van der Waals surface area contributed by atoms with Gasteiger partial charge in [-0.05, 0) is 30.3 Å². The van der Waals surface area contributed by atoms with Crippen molar-refractivity contribution in [1.29, 1.82) is 5.41 Å². The monoisotopic (exact) mass is 353 g/mol. The molecule has 26 heavy (non-hydrogen) atoms. The number of nitrogens with one attached hydrogen (secondary N) is 1. The first-order valence-electron chi connectivity index (χ1n) is 7.94. The zero-order valence-electron chi connectivity index (χ0n) is 13.6. The molecule has 1 heterocycles. The van der Waals surface area contributed by atoms with E-state index >= 15 is 0 Å². The number of aromatic nitrogens is 1. The van der Waals surface area contributed by atoms with Crippen LogP contribution in [0.1, 0.15) is 11.1 Å². The summed E-state index contributed by atoms with van der Waals surface area (Å²) in [6.45, 7) is 0.0481. The Hall–Kier alpha value is -3.28. The van der Waals surface area contributed by atoms with Crippen molar-refractivity contribution in [3.8, 4) is 0 Å². The van der Waals surface area contributed by atoms with Crippen LogP contribution in [0.2, 0.25) is 0 Å². The number of amidine groups is 1. The quantitative estimate of drug-likeness (QED) is 0.317. The van der Waals surface area contributed by atoms with E-state index in [1.54, 1.807) is 18.2 Å². The maximum absolute atomic E-state index is 14.1. The fourth-order valence-electron chi connectivity index (χ4n) is 3.25. The summed E-state index contributed by atoms with van der Waals surface area (Å²) >= 11 is 0. The second-order valence-electron chi connectivity index (χ2n) is 6.11. The number of hydrogen-bond acceptors (Lipinski definition) is 1. The predicted octanol–water partition coefficient (Wildman–Crippen LogP) is 4.54. The summed E-state index contributed by atoms with van der Waals surface area (Å²) in [5.41, 5.74) is 7.84. The minimum atomic E-state index is -1.21. The van der Waals surface area contributed by atoms with E-state index in [0.29, 0.717) is 11.6 Å². The van der Waals surface area contributed by atoms with E-state index in [0.717, 1.165) is 27.9 Å². The summed E-state index contributed by atoms with van der Waals surface area (Å²) in [7, 11) is 0. The van der Waals surface area contributed by atoms with Crippen molar-refractivity contribution < 1.29 is 13.2 Å². The minimum absolute atomic E-state index is 0.0459. The van der Waals surface area contributed by atoms with E-state index in [9.17, 15) is 13.2 Å². The van der Waals surface area contributed by atoms with E-state index in [4.69, 9.17) is 11.1 Å². The average molecular weight is 353 g/mol. The molecule has 0 amide bonds. The van der Waals surface area contributed by atoms with Crippen molar-refractivity contribution in [3.63, 3.8) is 0 Å². The van der Waals surface area contributed by atoms with Crippen LogP contribution < -0.4 is 5.73 Å². The lowest BCUT2D eigenvalue weighted by Gasteiger charge is -2.10. The normalized spacial score (nSPS) is 11.3. The summed E-state index contributed by atoms with van der Waals surface area (Å²) in [6, 6.07) is 14.3. The number of benzene rings is 3. The Morgan fingerprint density at radius 1 is 0.846 bits per heavy atom. The van der Waals surface area contributed by atoms with Gasteiger partial charge in [-0.1, -0.05) is 18.2 Å². The number of nitrogens with two attached hydrogens (primary N) is 1. The number of nitrogen functional groups attached to an aromatic ring is 1. The largest absolute Gasteiger partial charge is 0.384 e. The van der Waals surface area contributed by atoms with Gasteiger partial charge in [0.1, 0.15) is 11.7 Å². The molecule has 3 aromatic carbocycles. The summed E-state index contributed by atoms with van der Waals surface area (Å²) in [4.78, 5) is 0. The molecule has 0 bridgehead atoms. The topological polar surface area (TPSA) is 54.8 Å². The molecule has 0 aliphatic heterocycles. The van der Waals surface area contributed by atoms with Crippen LogP contribution in [0.25, 0.3) is 21.8 Å². The zero-order chi connectivity index (χ0) is 18.4. The molecule has 3 N–H and O–H groups in total. The van der Waals surface area contributed by atoms with E-state index in [1.807, 2.05) is 28.8 Å². The first-order chi connectivity index (χ1) is 12.5. The summed E-state index contributed by atoms with van der Waals surface area (Å²) in [5.74, 6) is -3.13. The fraction of sp³-hybridized carbons (Fsp3) is 0.0500. The Kier molecular flexibility index (Phi) is 3.68.